The molecule has 3 N–H and O–H groups in total. The summed E-state index contributed by atoms with van der Waals surface area (Å²) in [5.74, 6) is -0.716. The third-order valence-corrected chi connectivity index (χ3v) is 2.47. The van der Waals surface area contributed by atoms with E-state index in [1.807, 2.05) is 0 Å². The predicted octanol–water partition coefficient (Wildman–Crippen LogP) is 0.766. The molecule has 0 aliphatic carbocycles. The highest BCUT2D eigenvalue weighted by Crippen LogP contribution is 2.13. The molecule has 0 aromatic carbocycles. The maximum absolute atomic E-state index is 12.0. The normalized spacial score (nSPS) is 19.1. The molecule has 1 unspecified atom stereocenters. The first-order valence-corrected chi connectivity index (χ1v) is 5.10. The van der Waals surface area contributed by atoms with E-state index in [1.165, 1.54) is 6.92 Å². The van der Waals surface area contributed by atoms with Crippen LogP contribution in [-0.4, -0.2) is 35.5 Å². The van der Waals surface area contributed by atoms with Crippen LogP contribution in [0, 0.1) is 0 Å². The predicted molar refractivity (Wildman–Crippen MR) is 55.0 cm³/mol. The van der Waals surface area contributed by atoms with Crippen molar-refractivity contribution in [1.29, 1.82) is 0 Å². The summed E-state index contributed by atoms with van der Waals surface area (Å²) in [5, 5.41) is 9.56. The number of alkyl halides is 1. The Kier molecular flexibility index (Phi) is 5.75. The van der Waals surface area contributed by atoms with Crippen molar-refractivity contribution in [3.63, 3.8) is 0 Å². The zero-order chi connectivity index (χ0) is 12.1. The van der Waals surface area contributed by atoms with Crippen molar-refractivity contribution in [1.82, 2.24) is 0 Å². The number of hydrogen-bond acceptors (Lipinski definition) is 4. The average Bonchev–Trinajstić information content (AvgIpc) is 2.17. The van der Waals surface area contributed by atoms with Crippen LogP contribution in [0.4, 0.5) is 4.39 Å². The Bertz CT molecular complexity index is 209. The summed E-state index contributed by atoms with van der Waals surface area (Å²) in [6, 6.07) is -0.536. The molecule has 5 heteroatoms. The van der Waals surface area contributed by atoms with Gasteiger partial charge < -0.3 is 15.6 Å². The van der Waals surface area contributed by atoms with Crippen LogP contribution in [0.15, 0.2) is 0 Å². The van der Waals surface area contributed by atoms with E-state index in [4.69, 9.17) is 10.5 Å². The van der Waals surface area contributed by atoms with E-state index in [0.29, 0.717) is 0 Å². The SMILES string of the molecule is CC[C@@](C)(O)C(=O)O[C@H](C)C(N)CCF. The zero-order valence-corrected chi connectivity index (χ0v) is 9.50. The Labute approximate surface area is 89.6 Å². The standard InChI is InChI=1S/C10H20FNO3/c1-4-10(3,14)9(13)15-7(2)8(12)5-6-11/h7-8,14H,4-6,12H2,1-3H3/t7-,8?,10-/m1/s1. The first-order chi connectivity index (χ1) is 6.85. The second kappa shape index (κ2) is 6.02. The monoisotopic (exact) mass is 221 g/mol. The van der Waals surface area contributed by atoms with Crippen LogP contribution < -0.4 is 5.73 Å². The summed E-state index contributed by atoms with van der Waals surface area (Å²) < 4.78 is 16.9. The second-order valence-corrected chi connectivity index (χ2v) is 3.88. The molecule has 0 bridgehead atoms. The maximum Gasteiger partial charge on any atom is 0.338 e. The fourth-order valence-electron chi connectivity index (χ4n) is 0.888. The third-order valence-electron chi connectivity index (χ3n) is 2.47. The van der Waals surface area contributed by atoms with Gasteiger partial charge in [-0.25, -0.2) is 4.79 Å². The largest absolute Gasteiger partial charge is 0.459 e. The summed E-state index contributed by atoms with van der Waals surface area (Å²) in [4.78, 5) is 11.4. The van der Waals surface area contributed by atoms with Gasteiger partial charge in [0.05, 0.1) is 6.67 Å². The molecule has 0 aromatic rings. The first-order valence-electron chi connectivity index (χ1n) is 5.10. The minimum Gasteiger partial charge on any atom is -0.459 e. The van der Waals surface area contributed by atoms with Gasteiger partial charge in [-0.05, 0) is 26.7 Å². The average molecular weight is 221 g/mol. The van der Waals surface area contributed by atoms with Crippen LogP contribution in [0.2, 0.25) is 0 Å². The Hall–Kier alpha value is -0.680. The number of esters is 1. The van der Waals surface area contributed by atoms with Crippen LogP contribution >= 0.6 is 0 Å². The molecule has 0 aromatic heterocycles. The molecule has 0 saturated heterocycles. The molecule has 0 aliphatic heterocycles. The van der Waals surface area contributed by atoms with E-state index in [1.54, 1.807) is 13.8 Å². The van der Waals surface area contributed by atoms with Gasteiger partial charge in [0.25, 0.3) is 0 Å². The van der Waals surface area contributed by atoms with Crippen molar-refractivity contribution in [2.45, 2.75) is 51.4 Å². The van der Waals surface area contributed by atoms with Gasteiger partial charge in [-0.2, -0.15) is 0 Å². The maximum atomic E-state index is 12.0. The summed E-state index contributed by atoms with van der Waals surface area (Å²) in [6.45, 7) is 4.09. The number of rotatable bonds is 6. The van der Waals surface area contributed by atoms with Crippen LogP contribution in [0.5, 0.6) is 0 Å². The van der Waals surface area contributed by atoms with Gasteiger partial charge in [-0.3, -0.25) is 4.39 Å². The molecule has 0 spiro atoms. The van der Waals surface area contributed by atoms with Crippen LogP contribution in [0.3, 0.4) is 0 Å². The Morgan fingerprint density at radius 1 is 1.67 bits per heavy atom. The minimum absolute atomic E-state index is 0.142. The highest BCUT2D eigenvalue weighted by molar-refractivity contribution is 5.78. The Morgan fingerprint density at radius 3 is 2.60 bits per heavy atom. The number of carbonyl (C=O) groups excluding carboxylic acids is 1. The number of halogens is 1. The molecule has 0 heterocycles. The van der Waals surface area contributed by atoms with Crippen molar-refractivity contribution in [3.05, 3.63) is 0 Å². The van der Waals surface area contributed by atoms with E-state index >= 15 is 0 Å². The van der Waals surface area contributed by atoms with Crippen molar-refractivity contribution in [2.75, 3.05) is 6.67 Å². The lowest BCUT2D eigenvalue weighted by molar-refractivity contribution is -0.169. The lowest BCUT2D eigenvalue weighted by Crippen LogP contribution is -2.43. The molecule has 90 valence electrons. The summed E-state index contributed by atoms with van der Waals surface area (Å²) in [7, 11) is 0. The third kappa shape index (κ3) is 4.57. The van der Waals surface area contributed by atoms with Gasteiger partial charge in [0, 0.05) is 6.04 Å². The van der Waals surface area contributed by atoms with Gasteiger partial charge in [0.2, 0.25) is 0 Å². The molecule has 4 nitrogen and oxygen atoms in total. The van der Waals surface area contributed by atoms with E-state index in [9.17, 15) is 14.3 Å². The van der Waals surface area contributed by atoms with Crippen LogP contribution in [0.1, 0.15) is 33.6 Å². The van der Waals surface area contributed by atoms with Gasteiger partial charge in [0.15, 0.2) is 5.60 Å². The fraction of sp³-hybridized carbons (Fsp3) is 0.900. The van der Waals surface area contributed by atoms with Gasteiger partial charge in [-0.1, -0.05) is 6.92 Å². The molecule has 0 amide bonds. The molecule has 0 rings (SSSR count). The second-order valence-electron chi connectivity index (χ2n) is 3.88. The minimum atomic E-state index is -1.50. The molecule has 3 atom stereocenters. The topological polar surface area (TPSA) is 72.5 Å². The van der Waals surface area contributed by atoms with E-state index in [0.717, 1.165) is 0 Å². The lowest BCUT2D eigenvalue weighted by Gasteiger charge is -2.25. The Morgan fingerprint density at radius 2 is 2.20 bits per heavy atom. The number of hydrogen-bond donors (Lipinski definition) is 2. The zero-order valence-electron chi connectivity index (χ0n) is 9.50. The molecular weight excluding hydrogens is 201 g/mol. The fourth-order valence-corrected chi connectivity index (χ4v) is 0.888. The lowest BCUT2D eigenvalue weighted by atomic mass is 10.0. The van der Waals surface area contributed by atoms with Crippen molar-refractivity contribution in [2.24, 2.45) is 5.73 Å². The molecule has 0 aliphatic rings. The van der Waals surface area contributed by atoms with Crippen molar-refractivity contribution in [3.8, 4) is 0 Å². The van der Waals surface area contributed by atoms with Gasteiger partial charge in [0.1, 0.15) is 6.10 Å². The van der Waals surface area contributed by atoms with Gasteiger partial charge in [-0.15, -0.1) is 0 Å². The van der Waals surface area contributed by atoms with E-state index in [-0.39, 0.29) is 12.8 Å². The number of carbonyl (C=O) groups is 1. The number of aliphatic hydroxyl groups is 1. The summed E-state index contributed by atoms with van der Waals surface area (Å²) in [5.41, 5.74) is 4.07. The van der Waals surface area contributed by atoms with Gasteiger partial charge >= 0.3 is 5.97 Å². The molecule has 15 heavy (non-hydrogen) atoms. The molecule has 0 radical (unpaired) electrons. The highest BCUT2D eigenvalue weighted by atomic mass is 19.1. The van der Waals surface area contributed by atoms with Crippen LogP contribution in [0.25, 0.3) is 0 Å². The molecule has 0 fully saturated rings. The first kappa shape index (κ1) is 14.3. The number of nitrogens with two attached hydrogens (primary N) is 1. The highest BCUT2D eigenvalue weighted by Gasteiger charge is 2.32. The van der Waals surface area contributed by atoms with E-state index in [2.05, 4.69) is 0 Å². The van der Waals surface area contributed by atoms with Crippen molar-refractivity contribution >= 4 is 5.97 Å². The number of ether oxygens (including phenoxy) is 1. The van der Waals surface area contributed by atoms with Crippen molar-refractivity contribution < 1.29 is 19.0 Å². The summed E-state index contributed by atoms with van der Waals surface area (Å²) >= 11 is 0. The quantitative estimate of drug-likeness (QED) is 0.650. The smallest absolute Gasteiger partial charge is 0.338 e. The van der Waals surface area contributed by atoms with E-state index < -0.39 is 30.4 Å². The molecule has 0 saturated carbocycles. The Balaban J connectivity index is 4.17. The summed E-state index contributed by atoms with van der Waals surface area (Å²) in [6.07, 6.45) is -0.189. The van der Waals surface area contributed by atoms with Crippen LogP contribution in [-0.2, 0) is 9.53 Å². The molecular formula is C10H20FNO3.